The molecule has 0 heterocycles. The van der Waals surface area contributed by atoms with Crippen molar-refractivity contribution in [2.45, 2.75) is 32.4 Å². The molecule has 0 aromatic rings. The molecule has 66 valence electrons. The van der Waals surface area contributed by atoms with Gasteiger partial charge in [-0.15, -0.1) is 0 Å². The van der Waals surface area contributed by atoms with Crippen molar-refractivity contribution in [2.24, 2.45) is 11.7 Å². The summed E-state index contributed by atoms with van der Waals surface area (Å²) in [6.45, 7) is 6.38. The standard InChI is InChI=1S/C8H18N2S/c1-4-7(3)11-5-6(2)8(9)10/h6-7H,4-5H2,1-3H3,(H3,9,10). The molecule has 0 fully saturated rings. The van der Waals surface area contributed by atoms with Crippen LogP contribution < -0.4 is 5.73 Å². The zero-order valence-electron chi connectivity index (χ0n) is 7.55. The van der Waals surface area contributed by atoms with Crippen LogP contribution in [0.3, 0.4) is 0 Å². The minimum Gasteiger partial charge on any atom is -0.387 e. The summed E-state index contributed by atoms with van der Waals surface area (Å²) in [7, 11) is 0. The number of thioether (sulfide) groups is 1. The summed E-state index contributed by atoms with van der Waals surface area (Å²) >= 11 is 1.89. The van der Waals surface area contributed by atoms with Gasteiger partial charge in [0.2, 0.25) is 0 Å². The van der Waals surface area contributed by atoms with Crippen LogP contribution in [-0.4, -0.2) is 16.8 Å². The number of hydrogen-bond acceptors (Lipinski definition) is 2. The van der Waals surface area contributed by atoms with E-state index in [1.807, 2.05) is 18.7 Å². The van der Waals surface area contributed by atoms with E-state index in [1.54, 1.807) is 0 Å². The lowest BCUT2D eigenvalue weighted by Crippen LogP contribution is -2.22. The van der Waals surface area contributed by atoms with Gasteiger partial charge in [-0.25, -0.2) is 0 Å². The Hall–Kier alpha value is -0.180. The Morgan fingerprint density at radius 2 is 2.09 bits per heavy atom. The first kappa shape index (κ1) is 10.8. The Balaban J connectivity index is 3.45. The van der Waals surface area contributed by atoms with E-state index in [0.29, 0.717) is 11.1 Å². The Morgan fingerprint density at radius 3 is 2.45 bits per heavy atom. The van der Waals surface area contributed by atoms with E-state index in [9.17, 15) is 0 Å². The molecule has 0 radical (unpaired) electrons. The highest BCUT2D eigenvalue weighted by Gasteiger charge is 2.07. The van der Waals surface area contributed by atoms with Gasteiger partial charge in [-0.3, -0.25) is 5.41 Å². The van der Waals surface area contributed by atoms with Crippen LogP contribution in [0.15, 0.2) is 0 Å². The molecular weight excluding hydrogens is 156 g/mol. The van der Waals surface area contributed by atoms with Gasteiger partial charge in [0.05, 0.1) is 5.84 Å². The van der Waals surface area contributed by atoms with E-state index >= 15 is 0 Å². The average molecular weight is 174 g/mol. The van der Waals surface area contributed by atoms with Crippen LogP contribution in [-0.2, 0) is 0 Å². The molecule has 3 heteroatoms. The van der Waals surface area contributed by atoms with Crippen LogP contribution in [0, 0.1) is 11.3 Å². The van der Waals surface area contributed by atoms with Gasteiger partial charge < -0.3 is 5.73 Å². The molecule has 0 spiro atoms. The second-order valence-electron chi connectivity index (χ2n) is 2.91. The zero-order valence-corrected chi connectivity index (χ0v) is 8.37. The molecule has 11 heavy (non-hydrogen) atoms. The monoisotopic (exact) mass is 174 g/mol. The first-order valence-corrected chi connectivity index (χ1v) is 5.08. The van der Waals surface area contributed by atoms with Crippen molar-refractivity contribution in [2.75, 3.05) is 5.75 Å². The Labute approximate surface area is 73.4 Å². The Morgan fingerprint density at radius 1 is 1.55 bits per heavy atom. The quantitative estimate of drug-likeness (QED) is 0.495. The SMILES string of the molecule is CCC(C)SCC(C)C(=N)N. The molecule has 0 aromatic carbocycles. The molecule has 0 aliphatic heterocycles. The van der Waals surface area contributed by atoms with E-state index in [1.165, 1.54) is 6.42 Å². The number of amidine groups is 1. The maximum absolute atomic E-state index is 7.17. The van der Waals surface area contributed by atoms with Crippen LogP contribution in [0.25, 0.3) is 0 Å². The Bertz CT molecular complexity index is 125. The summed E-state index contributed by atoms with van der Waals surface area (Å²) in [6, 6.07) is 0. The van der Waals surface area contributed by atoms with Crippen molar-refractivity contribution < 1.29 is 0 Å². The summed E-state index contributed by atoms with van der Waals surface area (Å²) in [4.78, 5) is 0. The third kappa shape index (κ3) is 5.13. The first-order valence-electron chi connectivity index (χ1n) is 4.03. The lowest BCUT2D eigenvalue weighted by atomic mass is 10.2. The van der Waals surface area contributed by atoms with Crippen molar-refractivity contribution in [3.63, 3.8) is 0 Å². The maximum Gasteiger partial charge on any atom is 0.0942 e. The van der Waals surface area contributed by atoms with Crippen molar-refractivity contribution >= 4 is 17.6 Å². The number of hydrogen-bond donors (Lipinski definition) is 2. The van der Waals surface area contributed by atoms with E-state index in [0.717, 1.165) is 5.75 Å². The molecule has 2 nitrogen and oxygen atoms in total. The van der Waals surface area contributed by atoms with Crippen LogP contribution in [0.2, 0.25) is 0 Å². The Kier molecular flexibility index (Phi) is 5.38. The number of nitrogens with two attached hydrogens (primary N) is 1. The summed E-state index contributed by atoms with van der Waals surface area (Å²) in [5.74, 6) is 1.51. The van der Waals surface area contributed by atoms with Crippen LogP contribution in [0.4, 0.5) is 0 Å². The van der Waals surface area contributed by atoms with Crippen LogP contribution in [0.5, 0.6) is 0 Å². The minimum atomic E-state index is 0.231. The second kappa shape index (κ2) is 5.47. The molecule has 2 unspecified atom stereocenters. The fourth-order valence-electron chi connectivity index (χ4n) is 0.516. The van der Waals surface area contributed by atoms with Gasteiger partial charge in [0.1, 0.15) is 0 Å². The molecule has 0 bridgehead atoms. The molecule has 0 aliphatic carbocycles. The maximum atomic E-state index is 7.17. The van der Waals surface area contributed by atoms with E-state index in [4.69, 9.17) is 11.1 Å². The van der Waals surface area contributed by atoms with Gasteiger partial charge in [-0.2, -0.15) is 11.8 Å². The molecule has 0 saturated heterocycles. The van der Waals surface area contributed by atoms with Gasteiger partial charge in [0, 0.05) is 16.9 Å². The highest BCUT2D eigenvalue weighted by Crippen LogP contribution is 2.16. The molecule has 0 rings (SSSR count). The summed E-state index contributed by atoms with van der Waals surface area (Å²) in [5.41, 5.74) is 5.33. The second-order valence-corrected chi connectivity index (χ2v) is 4.38. The molecular formula is C8H18N2S. The first-order chi connectivity index (χ1) is 5.07. The predicted molar refractivity (Wildman–Crippen MR) is 53.3 cm³/mol. The van der Waals surface area contributed by atoms with E-state index in [-0.39, 0.29) is 5.92 Å². The largest absolute Gasteiger partial charge is 0.387 e. The van der Waals surface area contributed by atoms with Gasteiger partial charge in [0.15, 0.2) is 0 Å². The highest BCUT2D eigenvalue weighted by atomic mass is 32.2. The van der Waals surface area contributed by atoms with E-state index in [2.05, 4.69) is 13.8 Å². The predicted octanol–water partition coefficient (Wildman–Crippen LogP) is 2.09. The van der Waals surface area contributed by atoms with E-state index < -0.39 is 0 Å². The van der Waals surface area contributed by atoms with Crippen LogP contribution >= 0.6 is 11.8 Å². The highest BCUT2D eigenvalue weighted by molar-refractivity contribution is 7.99. The molecule has 0 aliphatic rings. The fraction of sp³-hybridized carbons (Fsp3) is 0.875. The molecule has 3 N–H and O–H groups in total. The zero-order chi connectivity index (χ0) is 8.85. The summed E-state index contributed by atoms with van der Waals surface area (Å²) in [5, 5.41) is 7.86. The number of rotatable bonds is 5. The van der Waals surface area contributed by atoms with Crippen LogP contribution in [0.1, 0.15) is 27.2 Å². The summed E-state index contributed by atoms with van der Waals surface area (Å²) < 4.78 is 0. The number of nitrogens with one attached hydrogen (secondary N) is 1. The average Bonchev–Trinajstić information content (AvgIpc) is 1.99. The van der Waals surface area contributed by atoms with Gasteiger partial charge >= 0.3 is 0 Å². The van der Waals surface area contributed by atoms with Crippen molar-refractivity contribution in [1.29, 1.82) is 5.41 Å². The third-order valence-corrected chi connectivity index (χ3v) is 3.33. The van der Waals surface area contributed by atoms with Gasteiger partial charge in [0.25, 0.3) is 0 Å². The molecule has 0 amide bonds. The summed E-state index contributed by atoms with van der Waals surface area (Å²) in [6.07, 6.45) is 1.19. The smallest absolute Gasteiger partial charge is 0.0942 e. The topological polar surface area (TPSA) is 49.9 Å². The molecule has 0 saturated carbocycles. The van der Waals surface area contributed by atoms with Gasteiger partial charge in [-0.1, -0.05) is 20.8 Å². The normalized spacial score (nSPS) is 15.9. The van der Waals surface area contributed by atoms with Crippen molar-refractivity contribution in [1.82, 2.24) is 0 Å². The lowest BCUT2D eigenvalue weighted by Gasteiger charge is -2.12. The van der Waals surface area contributed by atoms with Crippen molar-refractivity contribution in [3.8, 4) is 0 Å². The minimum absolute atomic E-state index is 0.231. The molecule has 2 atom stereocenters. The third-order valence-electron chi connectivity index (χ3n) is 1.74. The molecule has 0 aromatic heterocycles. The van der Waals surface area contributed by atoms with Crippen molar-refractivity contribution in [3.05, 3.63) is 0 Å². The fourth-order valence-corrected chi connectivity index (χ4v) is 1.55. The lowest BCUT2D eigenvalue weighted by molar-refractivity contribution is 0.857. The van der Waals surface area contributed by atoms with Gasteiger partial charge in [-0.05, 0) is 6.42 Å².